The summed E-state index contributed by atoms with van der Waals surface area (Å²) < 4.78 is 2.19. The Morgan fingerprint density at radius 2 is 2.16 bits per heavy atom. The van der Waals surface area contributed by atoms with Crippen LogP contribution in [0, 0.1) is 0 Å². The van der Waals surface area contributed by atoms with Gasteiger partial charge in [-0.05, 0) is 30.0 Å². The Hall–Kier alpha value is -1.68. The van der Waals surface area contributed by atoms with Crippen molar-refractivity contribution >= 4 is 0 Å². The zero-order chi connectivity index (χ0) is 13.7. The number of aryl methyl sites for hydroxylation is 2. The van der Waals surface area contributed by atoms with Crippen molar-refractivity contribution in [3.05, 3.63) is 47.8 Å². The van der Waals surface area contributed by atoms with Crippen LogP contribution in [0.1, 0.15) is 43.3 Å². The molecule has 2 heterocycles. The molecule has 0 bridgehead atoms. The third-order valence-corrected chi connectivity index (χ3v) is 3.39. The van der Waals surface area contributed by atoms with Crippen LogP contribution in [0.25, 0.3) is 0 Å². The lowest BCUT2D eigenvalue weighted by Crippen LogP contribution is -2.18. The molecule has 0 saturated heterocycles. The van der Waals surface area contributed by atoms with Crippen LogP contribution in [0.3, 0.4) is 0 Å². The summed E-state index contributed by atoms with van der Waals surface area (Å²) in [6.07, 6.45) is 10.4. The SMILES string of the molecule is CCCn1ccnc1CC(N)c1ccncc1CC. The topological polar surface area (TPSA) is 56.7 Å². The predicted molar refractivity (Wildman–Crippen MR) is 76.8 cm³/mol. The number of pyridine rings is 1. The van der Waals surface area contributed by atoms with Gasteiger partial charge < -0.3 is 10.3 Å². The molecular weight excluding hydrogens is 236 g/mol. The van der Waals surface area contributed by atoms with Crippen LogP contribution in [0.2, 0.25) is 0 Å². The molecule has 0 aliphatic rings. The molecule has 2 N–H and O–H groups in total. The van der Waals surface area contributed by atoms with Gasteiger partial charge in [-0.2, -0.15) is 0 Å². The first kappa shape index (κ1) is 13.7. The Morgan fingerprint density at radius 3 is 2.89 bits per heavy atom. The zero-order valence-corrected chi connectivity index (χ0v) is 11.7. The fraction of sp³-hybridized carbons (Fsp3) is 0.467. The zero-order valence-electron chi connectivity index (χ0n) is 11.7. The summed E-state index contributed by atoms with van der Waals surface area (Å²) in [4.78, 5) is 8.59. The highest BCUT2D eigenvalue weighted by Crippen LogP contribution is 2.19. The molecule has 1 unspecified atom stereocenters. The lowest BCUT2D eigenvalue weighted by molar-refractivity contribution is 0.596. The Morgan fingerprint density at radius 1 is 1.32 bits per heavy atom. The maximum atomic E-state index is 6.35. The van der Waals surface area contributed by atoms with Gasteiger partial charge in [0.05, 0.1) is 0 Å². The van der Waals surface area contributed by atoms with Crippen molar-refractivity contribution in [2.45, 2.75) is 45.7 Å². The molecular formula is C15H22N4. The average molecular weight is 258 g/mol. The number of hydrogen-bond donors (Lipinski definition) is 1. The summed E-state index contributed by atoms with van der Waals surface area (Å²) in [6.45, 7) is 5.30. The van der Waals surface area contributed by atoms with Crippen molar-refractivity contribution in [2.75, 3.05) is 0 Å². The highest BCUT2D eigenvalue weighted by atomic mass is 15.1. The van der Waals surface area contributed by atoms with Gasteiger partial charge in [-0.1, -0.05) is 13.8 Å². The van der Waals surface area contributed by atoms with Crippen molar-refractivity contribution < 1.29 is 0 Å². The van der Waals surface area contributed by atoms with Crippen molar-refractivity contribution in [1.82, 2.24) is 14.5 Å². The molecule has 0 aromatic carbocycles. The smallest absolute Gasteiger partial charge is 0.110 e. The van der Waals surface area contributed by atoms with E-state index < -0.39 is 0 Å². The van der Waals surface area contributed by atoms with Gasteiger partial charge in [-0.15, -0.1) is 0 Å². The van der Waals surface area contributed by atoms with Crippen LogP contribution in [-0.4, -0.2) is 14.5 Å². The first-order chi connectivity index (χ1) is 9.26. The third kappa shape index (κ3) is 3.20. The number of nitrogens with zero attached hydrogens (tertiary/aromatic N) is 3. The summed E-state index contributed by atoms with van der Waals surface area (Å²) in [6, 6.07) is 2.01. The van der Waals surface area contributed by atoms with Crippen LogP contribution in [0.4, 0.5) is 0 Å². The van der Waals surface area contributed by atoms with E-state index >= 15 is 0 Å². The number of hydrogen-bond acceptors (Lipinski definition) is 3. The third-order valence-electron chi connectivity index (χ3n) is 3.39. The summed E-state index contributed by atoms with van der Waals surface area (Å²) in [5.41, 5.74) is 8.76. The quantitative estimate of drug-likeness (QED) is 0.866. The first-order valence-electron chi connectivity index (χ1n) is 6.94. The van der Waals surface area contributed by atoms with Gasteiger partial charge in [0.25, 0.3) is 0 Å². The van der Waals surface area contributed by atoms with Gasteiger partial charge in [-0.25, -0.2) is 4.98 Å². The van der Waals surface area contributed by atoms with Crippen molar-refractivity contribution in [3.63, 3.8) is 0 Å². The molecule has 19 heavy (non-hydrogen) atoms. The standard InChI is InChI=1S/C15H22N4/c1-3-8-19-9-7-18-15(19)10-14(16)13-5-6-17-11-12(13)4-2/h5-7,9,11,14H,3-4,8,10,16H2,1-2H3. The fourth-order valence-corrected chi connectivity index (χ4v) is 2.38. The van der Waals surface area contributed by atoms with E-state index in [1.54, 1.807) is 0 Å². The molecule has 0 spiro atoms. The predicted octanol–water partition coefficient (Wildman–Crippen LogP) is 2.49. The largest absolute Gasteiger partial charge is 0.335 e. The molecule has 2 rings (SSSR count). The Balaban J connectivity index is 2.16. The van der Waals surface area contributed by atoms with E-state index in [9.17, 15) is 0 Å². The van der Waals surface area contributed by atoms with E-state index in [-0.39, 0.29) is 6.04 Å². The molecule has 102 valence electrons. The second-order valence-corrected chi connectivity index (χ2v) is 4.78. The van der Waals surface area contributed by atoms with Crippen LogP contribution >= 0.6 is 0 Å². The van der Waals surface area contributed by atoms with Gasteiger partial charge in [0.15, 0.2) is 0 Å². The molecule has 0 amide bonds. The number of rotatable bonds is 6. The lowest BCUT2D eigenvalue weighted by atomic mass is 9.99. The average Bonchev–Trinajstić information content (AvgIpc) is 2.86. The van der Waals surface area contributed by atoms with E-state index in [0.29, 0.717) is 0 Å². The summed E-state index contributed by atoms with van der Waals surface area (Å²) in [7, 11) is 0. The Labute approximate surface area is 114 Å². The van der Waals surface area contributed by atoms with Crippen LogP contribution in [0.5, 0.6) is 0 Å². The maximum absolute atomic E-state index is 6.35. The molecule has 0 fully saturated rings. The van der Waals surface area contributed by atoms with E-state index in [2.05, 4.69) is 28.4 Å². The Kier molecular flexibility index (Phi) is 4.68. The maximum Gasteiger partial charge on any atom is 0.110 e. The van der Waals surface area contributed by atoms with Crippen LogP contribution in [-0.2, 0) is 19.4 Å². The summed E-state index contributed by atoms with van der Waals surface area (Å²) in [5, 5.41) is 0. The van der Waals surface area contributed by atoms with Gasteiger partial charge in [0, 0.05) is 43.8 Å². The van der Waals surface area contributed by atoms with E-state index in [0.717, 1.165) is 31.6 Å². The highest BCUT2D eigenvalue weighted by molar-refractivity contribution is 5.27. The van der Waals surface area contributed by atoms with Crippen molar-refractivity contribution in [1.29, 1.82) is 0 Å². The summed E-state index contributed by atoms with van der Waals surface area (Å²) in [5.74, 6) is 1.06. The number of nitrogens with two attached hydrogens (primary N) is 1. The van der Waals surface area contributed by atoms with Crippen LogP contribution in [0.15, 0.2) is 30.9 Å². The van der Waals surface area contributed by atoms with E-state index in [1.165, 1.54) is 11.1 Å². The first-order valence-corrected chi connectivity index (χ1v) is 6.94. The fourth-order valence-electron chi connectivity index (χ4n) is 2.38. The second kappa shape index (κ2) is 6.48. The van der Waals surface area contributed by atoms with E-state index in [4.69, 9.17) is 5.73 Å². The number of aromatic nitrogens is 3. The minimum atomic E-state index is -0.0176. The second-order valence-electron chi connectivity index (χ2n) is 4.78. The van der Waals surface area contributed by atoms with Crippen molar-refractivity contribution in [2.24, 2.45) is 5.73 Å². The van der Waals surface area contributed by atoms with Gasteiger partial charge in [0.1, 0.15) is 5.82 Å². The van der Waals surface area contributed by atoms with Gasteiger partial charge in [0.2, 0.25) is 0 Å². The number of imidazole rings is 1. The molecule has 2 aromatic heterocycles. The summed E-state index contributed by atoms with van der Waals surface area (Å²) >= 11 is 0. The molecule has 0 aliphatic carbocycles. The van der Waals surface area contributed by atoms with E-state index in [1.807, 2.05) is 30.9 Å². The van der Waals surface area contributed by atoms with Gasteiger partial charge in [-0.3, -0.25) is 4.98 Å². The lowest BCUT2D eigenvalue weighted by Gasteiger charge is -2.16. The molecule has 4 heteroatoms. The van der Waals surface area contributed by atoms with Gasteiger partial charge >= 0.3 is 0 Å². The minimum absolute atomic E-state index is 0.0176. The minimum Gasteiger partial charge on any atom is -0.335 e. The van der Waals surface area contributed by atoms with Crippen molar-refractivity contribution in [3.8, 4) is 0 Å². The monoisotopic (exact) mass is 258 g/mol. The molecule has 1 atom stereocenters. The molecule has 0 radical (unpaired) electrons. The molecule has 4 nitrogen and oxygen atoms in total. The Bertz CT molecular complexity index is 518. The molecule has 2 aromatic rings. The normalized spacial score (nSPS) is 12.6. The van der Waals surface area contributed by atoms with Crippen LogP contribution < -0.4 is 5.73 Å². The molecule has 0 aliphatic heterocycles. The molecule has 0 saturated carbocycles. The highest BCUT2D eigenvalue weighted by Gasteiger charge is 2.13.